The van der Waals surface area contributed by atoms with Crippen LogP contribution in [0.4, 0.5) is 0 Å². The molecule has 3 nitrogen and oxygen atoms in total. The van der Waals surface area contributed by atoms with Gasteiger partial charge in [0.25, 0.3) is 0 Å². The number of ether oxygens (including phenoxy) is 2. The van der Waals surface area contributed by atoms with Crippen molar-refractivity contribution in [3.05, 3.63) is 78.2 Å². The number of methoxy groups -OCH3 is 2. The molecular formula is C23H19NO2S. The van der Waals surface area contributed by atoms with Crippen LogP contribution in [0.5, 0.6) is 11.5 Å². The third-order valence-corrected chi connectivity index (χ3v) is 5.29. The molecule has 1 aromatic heterocycles. The number of hydrogen-bond acceptors (Lipinski definition) is 4. The molecule has 0 aliphatic heterocycles. The summed E-state index contributed by atoms with van der Waals surface area (Å²) in [5, 5.41) is 3.05. The minimum atomic E-state index is 0.706. The van der Waals surface area contributed by atoms with Crippen LogP contribution in [0.25, 0.3) is 33.0 Å². The first kappa shape index (κ1) is 17.3. The lowest BCUT2D eigenvalue weighted by molar-refractivity contribution is 0.355. The summed E-state index contributed by atoms with van der Waals surface area (Å²) in [5.41, 5.74) is 5.49. The molecule has 4 heteroatoms. The van der Waals surface area contributed by atoms with Gasteiger partial charge in [-0.2, -0.15) is 0 Å². The molecule has 0 aliphatic carbocycles. The number of rotatable bonds is 5. The summed E-state index contributed by atoms with van der Waals surface area (Å²) in [5.74, 6) is 1.42. The molecule has 0 N–H and O–H groups in total. The van der Waals surface area contributed by atoms with E-state index in [4.69, 9.17) is 14.5 Å². The molecule has 0 aliphatic rings. The Bertz CT molecular complexity index is 1060. The molecule has 1 heterocycles. The summed E-state index contributed by atoms with van der Waals surface area (Å²) in [6.07, 6.45) is 0. The van der Waals surface area contributed by atoms with Crippen molar-refractivity contribution in [3.63, 3.8) is 0 Å². The first-order chi connectivity index (χ1) is 13.3. The number of aromatic nitrogens is 1. The van der Waals surface area contributed by atoms with Gasteiger partial charge in [-0.1, -0.05) is 48.5 Å². The minimum Gasteiger partial charge on any atom is -0.493 e. The Morgan fingerprint density at radius 1 is 0.667 bits per heavy atom. The van der Waals surface area contributed by atoms with E-state index >= 15 is 0 Å². The van der Waals surface area contributed by atoms with Crippen LogP contribution in [0.3, 0.4) is 0 Å². The number of nitrogens with zero attached hydrogens (tertiary/aromatic N) is 1. The topological polar surface area (TPSA) is 31.4 Å². The van der Waals surface area contributed by atoms with Gasteiger partial charge in [0.1, 0.15) is 5.01 Å². The van der Waals surface area contributed by atoms with E-state index in [9.17, 15) is 0 Å². The fraction of sp³-hybridized carbons (Fsp3) is 0.0870. The van der Waals surface area contributed by atoms with E-state index in [-0.39, 0.29) is 0 Å². The maximum Gasteiger partial charge on any atom is 0.161 e. The second kappa shape index (κ2) is 7.64. The highest BCUT2D eigenvalue weighted by Crippen LogP contribution is 2.35. The summed E-state index contributed by atoms with van der Waals surface area (Å²) < 4.78 is 10.7. The monoisotopic (exact) mass is 373 g/mol. The summed E-state index contributed by atoms with van der Waals surface area (Å²) in [4.78, 5) is 4.84. The Hall–Kier alpha value is -3.11. The van der Waals surface area contributed by atoms with Crippen LogP contribution < -0.4 is 9.47 Å². The van der Waals surface area contributed by atoms with Gasteiger partial charge in [0.15, 0.2) is 11.5 Å². The zero-order chi connectivity index (χ0) is 18.6. The highest BCUT2D eigenvalue weighted by atomic mass is 32.1. The number of thiazole rings is 1. The second-order valence-corrected chi connectivity index (χ2v) is 6.91. The van der Waals surface area contributed by atoms with Crippen LogP contribution in [0, 0.1) is 0 Å². The Morgan fingerprint density at radius 2 is 1.41 bits per heavy atom. The molecule has 0 fully saturated rings. The molecule has 4 rings (SSSR count). The van der Waals surface area contributed by atoms with Crippen LogP contribution in [0.2, 0.25) is 0 Å². The van der Waals surface area contributed by atoms with Crippen molar-refractivity contribution in [1.29, 1.82) is 0 Å². The summed E-state index contributed by atoms with van der Waals surface area (Å²) in [6.45, 7) is 0. The predicted octanol–water partition coefficient (Wildman–Crippen LogP) is 6.16. The van der Waals surface area contributed by atoms with Crippen LogP contribution in [0.15, 0.2) is 78.2 Å². The summed E-state index contributed by atoms with van der Waals surface area (Å²) in [6, 6.07) is 24.7. The molecular weight excluding hydrogens is 354 g/mol. The molecule has 0 amide bonds. The zero-order valence-corrected chi connectivity index (χ0v) is 16.0. The summed E-state index contributed by atoms with van der Waals surface area (Å²) >= 11 is 1.62. The maximum absolute atomic E-state index is 5.41. The molecule has 4 aromatic rings. The van der Waals surface area contributed by atoms with Crippen molar-refractivity contribution in [1.82, 2.24) is 4.98 Å². The quantitative estimate of drug-likeness (QED) is 0.420. The normalized spacial score (nSPS) is 10.6. The van der Waals surface area contributed by atoms with Gasteiger partial charge in [-0.05, 0) is 35.4 Å². The van der Waals surface area contributed by atoms with Crippen LogP contribution in [-0.2, 0) is 0 Å². The number of benzene rings is 3. The van der Waals surface area contributed by atoms with Gasteiger partial charge in [0.2, 0.25) is 0 Å². The van der Waals surface area contributed by atoms with Crippen molar-refractivity contribution >= 4 is 11.3 Å². The zero-order valence-electron chi connectivity index (χ0n) is 15.2. The van der Waals surface area contributed by atoms with E-state index in [1.165, 1.54) is 11.1 Å². The van der Waals surface area contributed by atoms with Crippen molar-refractivity contribution in [3.8, 4) is 44.5 Å². The van der Waals surface area contributed by atoms with Crippen LogP contribution in [-0.4, -0.2) is 19.2 Å². The largest absolute Gasteiger partial charge is 0.493 e. The average molecular weight is 373 g/mol. The lowest BCUT2D eigenvalue weighted by Gasteiger charge is -2.08. The lowest BCUT2D eigenvalue weighted by atomic mass is 10.0. The molecule has 0 bridgehead atoms. The van der Waals surface area contributed by atoms with E-state index in [2.05, 4.69) is 53.9 Å². The molecule has 134 valence electrons. The molecule has 0 unspecified atom stereocenters. The third-order valence-electron chi connectivity index (χ3n) is 4.40. The fourth-order valence-corrected chi connectivity index (χ4v) is 3.82. The van der Waals surface area contributed by atoms with Gasteiger partial charge in [-0.25, -0.2) is 4.98 Å². The predicted molar refractivity (Wildman–Crippen MR) is 112 cm³/mol. The van der Waals surface area contributed by atoms with Crippen molar-refractivity contribution in [2.24, 2.45) is 0 Å². The molecule has 0 saturated heterocycles. The molecule has 0 spiro atoms. The molecule has 0 atom stereocenters. The SMILES string of the molecule is COc1ccc(-c2nc(-c3cccc(-c4ccccc4)c3)cs2)cc1OC. The highest BCUT2D eigenvalue weighted by Gasteiger charge is 2.11. The average Bonchev–Trinajstić information content (AvgIpc) is 3.24. The third kappa shape index (κ3) is 3.57. The standard InChI is InChI=1S/C23H19NO2S/c1-25-21-12-11-19(14-22(21)26-2)23-24-20(15-27-23)18-10-6-9-17(13-18)16-7-4-3-5-8-16/h3-15H,1-2H3. The first-order valence-corrected chi connectivity index (χ1v) is 9.50. The van der Waals surface area contributed by atoms with Gasteiger partial charge in [0, 0.05) is 16.5 Å². The van der Waals surface area contributed by atoms with Gasteiger partial charge in [-0.3, -0.25) is 0 Å². The van der Waals surface area contributed by atoms with Crippen LogP contribution >= 0.6 is 11.3 Å². The van der Waals surface area contributed by atoms with E-state index < -0.39 is 0 Å². The first-order valence-electron chi connectivity index (χ1n) is 8.62. The molecule has 0 radical (unpaired) electrons. The van der Waals surface area contributed by atoms with Crippen molar-refractivity contribution in [2.75, 3.05) is 14.2 Å². The maximum atomic E-state index is 5.41. The Labute approximate surface area is 162 Å². The van der Waals surface area contributed by atoms with Gasteiger partial charge >= 0.3 is 0 Å². The lowest BCUT2D eigenvalue weighted by Crippen LogP contribution is -1.90. The van der Waals surface area contributed by atoms with Crippen molar-refractivity contribution < 1.29 is 9.47 Å². The highest BCUT2D eigenvalue weighted by molar-refractivity contribution is 7.13. The van der Waals surface area contributed by atoms with Crippen LogP contribution in [0.1, 0.15) is 0 Å². The fourth-order valence-electron chi connectivity index (χ4n) is 3.00. The smallest absolute Gasteiger partial charge is 0.161 e. The minimum absolute atomic E-state index is 0.706. The van der Waals surface area contributed by atoms with Gasteiger partial charge < -0.3 is 9.47 Å². The summed E-state index contributed by atoms with van der Waals surface area (Å²) in [7, 11) is 3.28. The Morgan fingerprint density at radius 3 is 2.19 bits per heavy atom. The molecule has 0 saturated carbocycles. The van der Waals surface area contributed by atoms with Gasteiger partial charge in [0.05, 0.1) is 19.9 Å². The van der Waals surface area contributed by atoms with E-state index in [0.29, 0.717) is 11.5 Å². The Kier molecular flexibility index (Phi) is 4.90. The van der Waals surface area contributed by atoms with Crippen molar-refractivity contribution in [2.45, 2.75) is 0 Å². The second-order valence-electron chi connectivity index (χ2n) is 6.05. The Balaban J connectivity index is 1.67. The van der Waals surface area contributed by atoms with E-state index in [0.717, 1.165) is 21.8 Å². The molecule has 3 aromatic carbocycles. The molecule has 27 heavy (non-hydrogen) atoms. The van der Waals surface area contributed by atoms with Gasteiger partial charge in [-0.15, -0.1) is 11.3 Å². The van der Waals surface area contributed by atoms with E-state index in [1.54, 1.807) is 25.6 Å². The van der Waals surface area contributed by atoms with E-state index in [1.807, 2.05) is 24.3 Å². The number of hydrogen-bond donors (Lipinski definition) is 0.